The topological polar surface area (TPSA) is 71.2 Å². The minimum absolute atomic E-state index is 0.0372. The number of anilines is 1. The van der Waals surface area contributed by atoms with Gasteiger partial charge in [0.15, 0.2) is 5.82 Å². The predicted molar refractivity (Wildman–Crippen MR) is 84.7 cm³/mol. The fourth-order valence-electron chi connectivity index (χ4n) is 1.99. The SMILES string of the molecule is CN(C)CCn1ccc(NC(=O)N(C)Cc2nccn2C(F)F)n1. The molecule has 2 aromatic rings. The molecule has 0 aliphatic rings. The lowest BCUT2D eigenvalue weighted by atomic mass is 10.5. The first-order valence-corrected chi connectivity index (χ1v) is 7.37. The van der Waals surface area contributed by atoms with E-state index in [0.717, 1.165) is 11.1 Å². The number of aromatic nitrogens is 4. The van der Waals surface area contributed by atoms with E-state index in [2.05, 4.69) is 15.4 Å². The van der Waals surface area contributed by atoms with Gasteiger partial charge >= 0.3 is 12.6 Å². The monoisotopic (exact) mass is 341 g/mol. The third kappa shape index (κ3) is 4.75. The number of rotatable bonds is 7. The second-order valence-corrected chi connectivity index (χ2v) is 5.58. The highest BCUT2D eigenvalue weighted by Crippen LogP contribution is 2.14. The molecule has 2 heterocycles. The normalized spacial score (nSPS) is 11.3. The summed E-state index contributed by atoms with van der Waals surface area (Å²) in [7, 11) is 5.43. The van der Waals surface area contributed by atoms with E-state index in [0.29, 0.717) is 12.4 Å². The molecule has 8 nitrogen and oxygen atoms in total. The van der Waals surface area contributed by atoms with Crippen molar-refractivity contribution >= 4 is 11.8 Å². The zero-order valence-corrected chi connectivity index (χ0v) is 13.9. The third-order valence-corrected chi connectivity index (χ3v) is 3.34. The molecule has 0 aliphatic heterocycles. The Kier molecular flexibility index (Phi) is 5.85. The van der Waals surface area contributed by atoms with Gasteiger partial charge in [0.2, 0.25) is 0 Å². The van der Waals surface area contributed by atoms with Crippen molar-refractivity contribution in [1.82, 2.24) is 29.1 Å². The van der Waals surface area contributed by atoms with Crippen molar-refractivity contribution in [3.8, 4) is 0 Å². The molecule has 24 heavy (non-hydrogen) atoms. The van der Waals surface area contributed by atoms with Gasteiger partial charge in [-0.05, 0) is 14.1 Å². The molecule has 2 aromatic heterocycles. The van der Waals surface area contributed by atoms with Gasteiger partial charge in [-0.15, -0.1) is 0 Å². The lowest BCUT2D eigenvalue weighted by Crippen LogP contribution is -2.32. The Morgan fingerprint density at radius 2 is 2.08 bits per heavy atom. The minimum Gasteiger partial charge on any atom is -0.320 e. The summed E-state index contributed by atoms with van der Waals surface area (Å²) in [5.41, 5.74) is 0. The molecule has 1 N–H and O–H groups in total. The third-order valence-electron chi connectivity index (χ3n) is 3.34. The van der Waals surface area contributed by atoms with E-state index in [1.165, 1.54) is 24.3 Å². The molecule has 0 spiro atoms. The van der Waals surface area contributed by atoms with Crippen molar-refractivity contribution < 1.29 is 13.6 Å². The van der Waals surface area contributed by atoms with Crippen LogP contribution < -0.4 is 5.32 Å². The second kappa shape index (κ2) is 7.86. The Labute approximate surface area is 138 Å². The molecule has 0 saturated heterocycles. The Morgan fingerprint density at radius 3 is 2.75 bits per heavy atom. The molecule has 0 atom stereocenters. The number of imidazole rings is 1. The summed E-state index contributed by atoms with van der Waals surface area (Å²) in [4.78, 5) is 19.3. The number of hydrogen-bond acceptors (Lipinski definition) is 4. The first kappa shape index (κ1) is 17.9. The number of amides is 2. The van der Waals surface area contributed by atoms with Crippen LogP contribution in [0.2, 0.25) is 0 Å². The highest BCUT2D eigenvalue weighted by atomic mass is 19.3. The van der Waals surface area contributed by atoms with Crippen LogP contribution in [0.1, 0.15) is 12.4 Å². The highest BCUT2D eigenvalue weighted by molar-refractivity contribution is 5.87. The number of carbonyl (C=O) groups is 1. The largest absolute Gasteiger partial charge is 0.323 e. The second-order valence-electron chi connectivity index (χ2n) is 5.58. The number of carbonyl (C=O) groups excluding carboxylic acids is 1. The first-order chi connectivity index (χ1) is 11.4. The highest BCUT2D eigenvalue weighted by Gasteiger charge is 2.16. The van der Waals surface area contributed by atoms with Gasteiger partial charge in [0.05, 0.1) is 13.1 Å². The quantitative estimate of drug-likeness (QED) is 0.832. The summed E-state index contributed by atoms with van der Waals surface area (Å²) < 4.78 is 28.0. The molecular weight excluding hydrogens is 320 g/mol. The molecule has 0 aromatic carbocycles. The van der Waals surface area contributed by atoms with Gasteiger partial charge in [0.1, 0.15) is 5.82 Å². The van der Waals surface area contributed by atoms with Crippen molar-refractivity contribution in [3.05, 3.63) is 30.5 Å². The van der Waals surface area contributed by atoms with E-state index < -0.39 is 12.6 Å². The molecule has 2 rings (SSSR count). The van der Waals surface area contributed by atoms with Crippen LogP contribution in [-0.4, -0.2) is 62.9 Å². The number of nitrogens with zero attached hydrogens (tertiary/aromatic N) is 6. The lowest BCUT2D eigenvalue weighted by Gasteiger charge is -2.17. The van der Waals surface area contributed by atoms with E-state index in [1.54, 1.807) is 16.9 Å². The molecule has 132 valence electrons. The standard InChI is InChI=1S/C14H21F2N7O/c1-20(2)8-9-22-6-4-11(19-22)18-14(24)21(3)10-12-17-5-7-23(12)13(15)16/h4-7,13H,8-10H2,1-3H3,(H,18,19,24). The molecule has 0 unspecified atom stereocenters. The fourth-order valence-corrected chi connectivity index (χ4v) is 1.99. The molecule has 0 fully saturated rings. The van der Waals surface area contributed by atoms with E-state index in [9.17, 15) is 13.6 Å². The van der Waals surface area contributed by atoms with Crippen molar-refractivity contribution in [1.29, 1.82) is 0 Å². The summed E-state index contributed by atoms with van der Waals surface area (Å²) in [6.45, 7) is -1.20. The van der Waals surface area contributed by atoms with E-state index in [-0.39, 0.29) is 12.4 Å². The van der Waals surface area contributed by atoms with Crippen LogP contribution in [-0.2, 0) is 13.1 Å². The first-order valence-electron chi connectivity index (χ1n) is 7.37. The van der Waals surface area contributed by atoms with Gasteiger partial charge in [-0.3, -0.25) is 14.6 Å². The van der Waals surface area contributed by atoms with Crippen LogP contribution in [0.15, 0.2) is 24.7 Å². The van der Waals surface area contributed by atoms with Gasteiger partial charge < -0.3 is 9.80 Å². The Balaban J connectivity index is 1.90. The fraction of sp³-hybridized carbons (Fsp3) is 0.500. The van der Waals surface area contributed by atoms with Gasteiger partial charge in [0.25, 0.3) is 0 Å². The van der Waals surface area contributed by atoms with Crippen molar-refractivity contribution in [2.45, 2.75) is 19.6 Å². The zero-order valence-electron chi connectivity index (χ0n) is 13.9. The van der Waals surface area contributed by atoms with Gasteiger partial charge in [-0.1, -0.05) is 0 Å². The summed E-state index contributed by atoms with van der Waals surface area (Å²) >= 11 is 0. The number of nitrogens with one attached hydrogen (secondary N) is 1. The van der Waals surface area contributed by atoms with Gasteiger partial charge in [-0.2, -0.15) is 13.9 Å². The van der Waals surface area contributed by atoms with Crippen LogP contribution >= 0.6 is 0 Å². The van der Waals surface area contributed by atoms with Gasteiger partial charge in [0, 0.05) is 38.2 Å². The summed E-state index contributed by atoms with van der Waals surface area (Å²) in [5.74, 6) is 0.516. The van der Waals surface area contributed by atoms with Crippen LogP contribution in [0.5, 0.6) is 0 Å². The molecule has 0 bridgehead atoms. The summed E-state index contributed by atoms with van der Waals surface area (Å²) in [6, 6.07) is 1.23. The summed E-state index contributed by atoms with van der Waals surface area (Å²) in [6.07, 6.45) is 4.22. The average molecular weight is 341 g/mol. The molecule has 0 radical (unpaired) electrons. The number of urea groups is 1. The van der Waals surface area contributed by atoms with Crippen molar-refractivity contribution in [2.75, 3.05) is 33.0 Å². The van der Waals surface area contributed by atoms with E-state index in [1.807, 2.05) is 19.0 Å². The Morgan fingerprint density at radius 1 is 1.33 bits per heavy atom. The van der Waals surface area contributed by atoms with Crippen LogP contribution in [0.3, 0.4) is 0 Å². The van der Waals surface area contributed by atoms with Gasteiger partial charge in [-0.25, -0.2) is 9.78 Å². The molecule has 10 heteroatoms. The Bertz CT molecular complexity index is 668. The molecular formula is C14H21F2N7O. The summed E-state index contributed by atoms with van der Waals surface area (Å²) in [5, 5.41) is 6.87. The smallest absolute Gasteiger partial charge is 0.320 e. The minimum atomic E-state index is -2.69. The lowest BCUT2D eigenvalue weighted by molar-refractivity contribution is 0.0652. The molecule has 2 amide bonds. The Hall–Kier alpha value is -2.49. The maximum Gasteiger partial charge on any atom is 0.323 e. The molecule has 0 saturated carbocycles. The maximum absolute atomic E-state index is 12.8. The number of hydrogen-bond donors (Lipinski definition) is 1. The van der Waals surface area contributed by atoms with E-state index in [4.69, 9.17) is 0 Å². The average Bonchev–Trinajstić information content (AvgIpc) is 3.14. The number of halogens is 2. The maximum atomic E-state index is 12.8. The zero-order chi connectivity index (χ0) is 17.7. The van der Waals surface area contributed by atoms with Crippen molar-refractivity contribution in [3.63, 3.8) is 0 Å². The van der Waals surface area contributed by atoms with Crippen LogP contribution in [0.25, 0.3) is 0 Å². The van der Waals surface area contributed by atoms with E-state index >= 15 is 0 Å². The van der Waals surface area contributed by atoms with Crippen LogP contribution in [0.4, 0.5) is 19.4 Å². The van der Waals surface area contributed by atoms with Crippen molar-refractivity contribution in [2.24, 2.45) is 0 Å². The predicted octanol–water partition coefficient (Wildman–Crippen LogP) is 1.70. The molecule has 0 aliphatic carbocycles. The number of alkyl halides is 2. The van der Waals surface area contributed by atoms with Crippen LogP contribution in [0, 0.1) is 0 Å². The number of likely N-dealkylation sites (N-methyl/N-ethyl adjacent to an activating group) is 1.